The zero-order valence-corrected chi connectivity index (χ0v) is 18.7. The summed E-state index contributed by atoms with van der Waals surface area (Å²) in [5, 5.41) is 5.57. The van der Waals surface area contributed by atoms with Gasteiger partial charge in [0.15, 0.2) is 18.1 Å². The van der Waals surface area contributed by atoms with Crippen molar-refractivity contribution in [3.63, 3.8) is 0 Å². The summed E-state index contributed by atoms with van der Waals surface area (Å²) in [6.07, 6.45) is 3.31. The van der Waals surface area contributed by atoms with E-state index in [1.165, 1.54) is 31.7 Å². The van der Waals surface area contributed by atoms with Gasteiger partial charge in [-0.3, -0.25) is 9.59 Å². The molecule has 1 saturated heterocycles. The van der Waals surface area contributed by atoms with E-state index in [0.29, 0.717) is 22.7 Å². The summed E-state index contributed by atoms with van der Waals surface area (Å²) >= 11 is 0. The van der Waals surface area contributed by atoms with Crippen LogP contribution in [0, 0.1) is 5.82 Å². The molecule has 1 heterocycles. The Kier molecular flexibility index (Phi) is 7.92. The molecule has 1 aliphatic rings. The summed E-state index contributed by atoms with van der Waals surface area (Å²) in [5.41, 5.74) is 1.57. The summed E-state index contributed by atoms with van der Waals surface area (Å²) < 4.78 is 24.8. The lowest BCUT2D eigenvalue weighted by Crippen LogP contribution is -2.34. The molecule has 32 heavy (non-hydrogen) atoms. The molecule has 1 aliphatic heterocycles. The molecule has 0 aliphatic carbocycles. The third-order valence-electron chi connectivity index (χ3n) is 5.14. The van der Waals surface area contributed by atoms with Gasteiger partial charge in [0.05, 0.1) is 18.5 Å². The quantitative estimate of drug-likeness (QED) is 0.645. The van der Waals surface area contributed by atoms with Gasteiger partial charge >= 0.3 is 0 Å². The van der Waals surface area contributed by atoms with Gasteiger partial charge in [-0.25, -0.2) is 4.39 Å². The highest BCUT2D eigenvalue weighted by atomic mass is 19.1. The van der Waals surface area contributed by atoms with Crippen molar-refractivity contribution in [2.75, 3.05) is 37.0 Å². The molecule has 2 aromatic rings. The maximum absolute atomic E-state index is 13.9. The zero-order valence-electron chi connectivity index (χ0n) is 18.7. The van der Waals surface area contributed by atoms with Gasteiger partial charge in [-0.15, -0.1) is 0 Å². The van der Waals surface area contributed by atoms with E-state index in [0.717, 1.165) is 31.6 Å². The van der Waals surface area contributed by atoms with Crippen LogP contribution in [0.25, 0.3) is 0 Å². The molecule has 172 valence electrons. The lowest BCUT2D eigenvalue weighted by molar-refractivity contribution is -0.123. The molecule has 0 spiro atoms. The number of amides is 2. The predicted octanol–water partition coefficient (Wildman–Crippen LogP) is 3.98. The second-order valence-electron chi connectivity index (χ2n) is 8.04. The number of nitrogens with zero attached hydrogens (tertiary/aromatic N) is 1. The van der Waals surface area contributed by atoms with E-state index >= 15 is 0 Å². The predicted molar refractivity (Wildman–Crippen MR) is 122 cm³/mol. The van der Waals surface area contributed by atoms with Gasteiger partial charge in [0.1, 0.15) is 5.82 Å². The molecular weight excluding hydrogens is 413 g/mol. The maximum atomic E-state index is 13.9. The standard InChI is InChI=1S/C24H30FN3O4/c1-16(2)26-23(29)15-32-21-10-7-17(13-22(21)31-3)24(30)27-19-14-18(25)8-9-20(19)28-11-5-4-6-12-28/h7-10,13-14,16H,4-6,11-12,15H2,1-3H3,(H,26,29)(H,27,30). The number of piperidine rings is 1. The van der Waals surface area contributed by atoms with Crippen LogP contribution in [0.2, 0.25) is 0 Å². The fraction of sp³-hybridized carbons (Fsp3) is 0.417. The molecule has 0 aromatic heterocycles. The third kappa shape index (κ3) is 6.12. The van der Waals surface area contributed by atoms with Crippen LogP contribution in [-0.2, 0) is 4.79 Å². The van der Waals surface area contributed by atoms with E-state index in [4.69, 9.17) is 9.47 Å². The van der Waals surface area contributed by atoms with Crippen LogP contribution in [0.5, 0.6) is 11.5 Å². The van der Waals surface area contributed by atoms with Gasteiger partial charge in [0.25, 0.3) is 11.8 Å². The van der Waals surface area contributed by atoms with Gasteiger partial charge in [-0.05, 0) is 69.5 Å². The second-order valence-corrected chi connectivity index (χ2v) is 8.04. The van der Waals surface area contributed by atoms with Crippen molar-refractivity contribution in [3.05, 3.63) is 47.8 Å². The van der Waals surface area contributed by atoms with Crippen LogP contribution in [0.1, 0.15) is 43.5 Å². The van der Waals surface area contributed by atoms with E-state index in [-0.39, 0.29) is 18.6 Å². The van der Waals surface area contributed by atoms with Gasteiger partial charge in [-0.2, -0.15) is 0 Å². The van der Waals surface area contributed by atoms with E-state index < -0.39 is 11.7 Å². The molecule has 0 radical (unpaired) electrons. The highest BCUT2D eigenvalue weighted by Gasteiger charge is 2.18. The largest absolute Gasteiger partial charge is 0.493 e. The lowest BCUT2D eigenvalue weighted by Gasteiger charge is -2.30. The molecule has 3 rings (SSSR count). The zero-order chi connectivity index (χ0) is 23.1. The smallest absolute Gasteiger partial charge is 0.258 e. The number of hydrogen-bond acceptors (Lipinski definition) is 5. The number of rotatable bonds is 8. The third-order valence-corrected chi connectivity index (χ3v) is 5.14. The molecule has 2 aromatic carbocycles. The Morgan fingerprint density at radius 1 is 1.06 bits per heavy atom. The van der Waals surface area contributed by atoms with Crippen molar-refractivity contribution >= 4 is 23.2 Å². The molecule has 7 nitrogen and oxygen atoms in total. The summed E-state index contributed by atoms with van der Waals surface area (Å²) in [7, 11) is 1.46. The Bertz CT molecular complexity index is 958. The van der Waals surface area contributed by atoms with Crippen molar-refractivity contribution in [1.29, 1.82) is 0 Å². The second kappa shape index (κ2) is 10.8. The molecule has 0 atom stereocenters. The summed E-state index contributed by atoms with van der Waals surface area (Å²) in [4.78, 5) is 26.9. The number of carbonyl (C=O) groups is 2. The summed E-state index contributed by atoms with van der Waals surface area (Å²) in [6.45, 7) is 5.31. The topological polar surface area (TPSA) is 79.9 Å². The Labute approximate surface area is 187 Å². The highest BCUT2D eigenvalue weighted by molar-refractivity contribution is 6.06. The number of halogens is 1. The SMILES string of the molecule is COc1cc(C(=O)Nc2cc(F)ccc2N2CCCCC2)ccc1OCC(=O)NC(C)C. The van der Waals surface area contributed by atoms with Crippen molar-refractivity contribution < 1.29 is 23.5 Å². The van der Waals surface area contributed by atoms with Crippen molar-refractivity contribution in [3.8, 4) is 11.5 Å². The highest BCUT2D eigenvalue weighted by Crippen LogP contribution is 2.31. The molecule has 0 bridgehead atoms. The number of carbonyl (C=O) groups excluding carboxylic acids is 2. The van der Waals surface area contributed by atoms with Gasteiger partial charge in [0.2, 0.25) is 0 Å². The van der Waals surface area contributed by atoms with Crippen LogP contribution in [0.15, 0.2) is 36.4 Å². The Morgan fingerprint density at radius 3 is 2.50 bits per heavy atom. The van der Waals surface area contributed by atoms with Crippen molar-refractivity contribution in [2.45, 2.75) is 39.2 Å². The van der Waals surface area contributed by atoms with Crippen LogP contribution in [0.4, 0.5) is 15.8 Å². The summed E-state index contributed by atoms with van der Waals surface area (Å²) in [6, 6.07) is 9.15. The Balaban J connectivity index is 1.74. The average Bonchev–Trinajstić information content (AvgIpc) is 2.77. The Morgan fingerprint density at radius 2 is 1.81 bits per heavy atom. The first-order chi connectivity index (χ1) is 15.4. The van der Waals surface area contributed by atoms with Crippen LogP contribution >= 0.6 is 0 Å². The number of methoxy groups -OCH3 is 1. The molecular formula is C24H30FN3O4. The first-order valence-corrected chi connectivity index (χ1v) is 10.8. The lowest BCUT2D eigenvalue weighted by atomic mass is 10.1. The van der Waals surface area contributed by atoms with Crippen molar-refractivity contribution in [1.82, 2.24) is 5.32 Å². The first kappa shape index (κ1) is 23.4. The molecule has 2 N–H and O–H groups in total. The molecule has 1 fully saturated rings. The van der Waals surface area contributed by atoms with Crippen molar-refractivity contribution in [2.24, 2.45) is 0 Å². The van der Waals surface area contributed by atoms with Gasteiger partial charge < -0.3 is 25.0 Å². The number of anilines is 2. The normalized spacial score (nSPS) is 13.6. The molecule has 0 unspecified atom stereocenters. The van der Waals surface area contributed by atoms with E-state index in [1.807, 2.05) is 13.8 Å². The minimum Gasteiger partial charge on any atom is -0.493 e. The fourth-order valence-electron chi connectivity index (χ4n) is 3.65. The van der Waals surface area contributed by atoms with E-state index in [1.54, 1.807) is 18.2 Å². The Hall–Kier alpha value is -3.29. The first-order valence-electron chi connectivity index (χ1n) is 10.8. The number of benzene rings is 2. The molecule has 0 saturated carbocycles. The number of ether oxygens (including phenoxy) is 2. The molecule has 2 amide bonds. The van der Waals surface area contributed by atoms with Crippen LogP contribution in [0.3, 0.4) is 0 Å². The fourth-order valence-corrected chi connectivity index (χ4v) is 3.65. The minimum absolute atomic E-state index is 0.0109. The average molecular weight is 444 g/mol. The van der Waals surface area contributed by atoms with Crippen LogP contribution < -0.4 is 25.0 Å². The van der Waals surface area contributed by atoms with E-state index in [9.17, 15) is 14.0 Å². The van der Waals surface area contributed by atoms with Crippen LogP contribution in [-0.4, -0.2) is 44.7 Å². The monoisotopic (exact) mass is 443 g/mol. The number of hydrogen-bond donors (Lipinski definition) is 2. The molecule has 8 heteroatoms. The minimum atomic E-state index is -0.415. The van der Waals surface area contributed by atoms with Gasteiger partial charge in [0, 0.05) is 24.7 Å². The maximum Gasteiger partial charge on any atom is 0.258 e. The van der Waals surface area contributed by atoms with E-state index in [2.05, 4.69) is 15.5 Å². The van der Waals surface area contributed by atoms with Gasteiger partial charge in [-0.1, -0.05) is 0 Å². The number of nitrogens with one attached hydrogen (secondary N) is 2. The summed E-state index contributed by atoms with van der Waals surface area (Å²) in [5.74, 6) is -0.383.